The fraction of sp³-hybridized carbons (Fsp3) is 0.192. The van der Waals surface area contributed by atoms with Gasteiger partial charge in [0.1, 0.15) is 5.75 Å². The van der Waals surface area contributed by atoms with E-state index < -0.39 is 12.1 Å². The summed E-state index contributed by atoms with van der Waals surface area (Å²) < 4.78 is 10.8. The summed E-state index contributed by atoms with van der Waals surface area (Å²) in [5, 5.41) is 2.67. The molecule has 1 unspecified atom stereocenters. The lowest BCUT2D eigenvalue weighted by Gasteiger charge is -2.26. The summed E-state index contributed by atoms with van der Waals surface area (Å²) >= 11 is 0. The molecule has 1 heterocycles. The quantitative estimate of drug-likeness (QED) is 0.561. The average molecular weight is 444 g/mol. The van der Waals surface area contributed by atoms with Crippen molar-refractivity contribution in [3.8, 4) is 5.75 Å². The van der Waals surface area contributed by atoms with Crippen LogP contribution >= 0.6 is 0 Å². The number of benzene rings is 3. The van der Waals surface area contributed by atoms with E-state index in [1.165, 1.54) is 12.1 Å². The van der Waals surface area contributed by atoms with E-state index in [1.54, 1.807) is 17.9 Å². The molecular formula is C26H24N2O5. The molecule has 0 radical (unpaired) electrons. The Bertz CT molecular complexity index is 1110. The van der Waals surface area contributed by atoms with E-state index in [-0.39, 0.29) is 24.0 Å². The standard InChI is InChI=1S/C26H24N2O5/c1-18(33-26(31)21-12-13-22-23(14-21)32-17-24(29)27-22)25(30)28(15-19-8-4-2-5-9-19)16-20-10-6-3-7-11-20/h2-14,18H,15-17H2,1H3,(H,27,29). The predicted molar refractivity (Wildman–Crippen MR) is 123 cm³/mol. The minimum atomic E-state index is -0.985. The number of carbonyl (C=O) groups excluding carboxylic acids is 3. The number of anilines is 1. The molecule has 0 aromatic heterocycles. The van der Waals surface area contributed by atoms with Gasteiger partial charge in [0.2, 0.25) is 0 Å². The molecule has 1 aliphatic rings. The summed E-state index contributed by atoms with van der Waals surface area (Å²) in [5.74, 6) is -0.803. The monoisotopic (exact) mass is 444 g/mol. The van der Waals surface area contributed by atoms with Gasteiger partial charge in [0.15, 0.2) is 12.7 Å². The maximum atomic E-state index is 13.3. The Hall–Kier alpha value is -4.13. The Balaban J connectivity index is 1.47. The van der Waals surface area contributed by atoms with Crippen molar-refractivity contribution in [1.29, 1.82) is 0 Å². The van der Waals surface area contributed by atoms with E-state index in [1.807, 2.05) is 60.7 Å². The predicted octanol–water partition coefficient (Wildman–Crippen LogP) is 3.79. The molecule has 7 heteroatoms. The van der Waals surface area contributed by atoms with Crippen LogP contribution in [0.1, 0.15) is 28.4 Å². The molecule has 3 aromatic carbocycles. The van der Waals surface area contributed by atoms with Crippen molar-refractivity contribution in [3.63, 3.8) is 0 Å². The SMILES string of the molecule is CC(OC(=O)c1ccc2c(c1)OCC(=O)N2)C(=O)N(Cc1ccccc1)Cc1ccccc1. The van der Waals surface area contributed by atoms with Gasteiger partial charge in [0.05, 0.1) is 11.3 Å². The highest BCUT2D eigenvalue weighted by molar-refractivity contribution is 5.98. The van der Waals surface area contributed by atoms with Gasteiger partial charge >= 0.3 is 5.97 Å². The Morgan fingerprint density at radius 2 is 1.58 bits per heavy atom. The van der Waals surface area contributed by atoms with Crippen molar-refractivity contribution in [1.82, 2.24) is 4.90 Å². The molecular weight excluding hydrogens is 420 g/mol. The van der Waals surface area contributed by atoms with Crippen molar-refractivity contribution < 1.29 is 23.9 Å². The Labute approximate surface area is 191 Å². The smallest absolute Gasteiger partial charge is 0.339 e. The zero-order chi connectivity index (χ0) is 23.2. The van der Waals surface area contributed by atoms with Gasteiger partial charge in [-0.05, 0) is 36.2 Å². The summed E-state index contributed by atoms with van der Waals surface area (Å²) in [6, 6.07) is 23.9. The summed E-state index contributed by atoms with van der Waals surface area (Å²) in [4.78, 5) is 39.1. The highest BCUT2D eigenvalue weighted by Crippen LogP contribution is 2.29. The summed E-state index contributed by atoms with van der Waals surface area (Å²) in [6.45, 7) is 2.23. The van der Waals surface area contributed by atoms with Gasteiger partial charge in [0.25, 0.3) is 11.8 Å². The lowest BCUT2D eigenvalue weighted by atomic mass is 10.1. The molecule has 33 heavy (non-hydrogen) atoms. The minimum absolute atomic E-state index is 0.117. The zero-order valence-electron chi connectivity index (χ0n) is 18.2. The second kappa shape index (κ2) is 9.99. The molecule has 0 bridgehead atoms. The van der Waals surface area contributed by atoms with Crippen LogP contribution in [0.2, 0.25) is 0 Å². The number of nitrogens with one attached hydrogen (secondary N) is 1. The van der Waals surface area contributed by atoms with Gasteiger partial charge in [-0.25, -0.2) is 4.79 Å². The largest absolute Gasteiger partial charge is 0.482 e. The number of nitrogens with zero attached hydrogens (tertiary/aromatic N) is 1. The highest BCUT2D eigenvalue weighted by atomic mass is 16.5. The molecule has 0 saturated carbocycles. The molecule has 1 N–H and O–H groups in total. The lowest BCUT2D eigenvalue weighted by molar-refractivity contribution is -0.141. The van der Waals surface area contributed by atoms with Gasteiger partial charge in [-0.15, -0.1) is 0 Å². The molecule has 1 atom stereocenters. The Morgan fingerprint density at radius 1 is 0.970 bits per heavy atom. The molecule has 0 fully saturated rings. The lowest BCUT2D eigenvalue weighted by Crippen LogP contribution is -2.39. The van der Waals surface area contributed by atoms with Gasteiger partial charge in [-0.3, -0.25) is 9.59 Å². The van der Waals surface area contributed by atoms with Crippen LogP contribution in [0, 0.1) is 0 Å². The van der Waals surface area contributed by atoms with E-state index in [9.17, 15) is 14.4 Å². The molecule has 2 amide bonds. The van der Waals surface area contributed by atoms with Crippen LogP contribution < -0.4 is 10.1 Å². The van der Waals surface area contributed by atoms with E-state index in [0.717, 1.165) is 11.1 Å². The number of esters is 1. The first-order chi connectivity index (χ1) is 16.0. The fourth-order valence-electron chi connectivity index (χ4n) is 3.56. The van der Waals surface area contributed by atoms with Crippen LogP contribution in [0.3, 0.4) is 0 Å². The maximum absolute atomic E-state index is 13.3. The van der Waals surface area contributed by atoms with Crippen molar-refractivity contribution >= 4 is 23.5 Å². The Morgan fingerprint density at radius 3 is 2.18 bits per heavy atom. The second-order valence-corrected chi connectivity index (χ2v) is 7.76. The number of rotatable bonds is 7. The van der Waals surface area contributed by atoms with Crippen LogP contribution in [0.25, 0.3) is 0 Å². The van der Waals surface area contributed by atoms with Crippen molar-refractivity contribution in [2.24, 2.45) is 0 Å². The van der Waals surface area contributed by atoms with E-state index in [4.69, 9.17) is 9.47 Å². The van der Waals surface area contributed by atoms with Crippen molar-refractivity contribution in [3.05, 3.63) is 95.6 Å². The first-order valence-electron chi connectivity index (χ1n) is 10.6. The van der Waals surface area contributed by atoms with Crippen molar-refractivity contribution in [2.75, 3.05) is 11.9 Å². The number of fused-ring (bicyclic) bond motifs is 1. The zero-order valence-corrected chi connectivity index (χ0v) is 18.2. The van der Waals surface area contributed by atoms with Gasteiger partial charge < -0.3 is 19.7 Å². The number of amides is 2. The molecule has 3 aromatic rings. The fourth-order valence-corrected chi connectivity index (χ4v) is 3.56. The average Bonchev–Trinajstić information content (AvgIpc) is 2.84. The van der Waals surface area contributed by atoms with E-state index >= 15 is 0 Å². The topological polar surface area (TPSA) is 84.9 Å². The van der Waals surface area contributed by atoms with Gasteiger partial charge in [-0.2, -0.15) is 0 Å². The molecule has 7 nitrogen and oxygen atoms in total. The second-order valence-electron chi connectivity index (χ2n) is 7.76. The molecule has 0 spiro atoms. The first-order valence-corrected chi connectivity index (χ1v) is 10.6. The summed E-state index contributed by atoms with van der Waals surface area (Å²) in [5.41, 5.74) is 2.69. The van der Waals surface area contributed by atoms with Crippen LogP contribution in [0.4, 0.5) is 5.69 Å². The van der Waals surface area contributed by atoms with Crippen LogP contribution in [-0.2, 0) is 27.4 Å². The van der Waals surface area contributed by atoms with Gasteiger partial charge in [-0.1, -0.05) is 60.7 Å². The van der Waals surface area contributed by atoms with Gasteiger partial charge in [0, 0.05) is 13.1 Å². The van der Waals surface area contributed by atoms with E-state index in [2.05, 4.69) is 5.32 Å². The molecule has 0 saturated heterocycles. The Kier molecular flexibility index (Phi) is 6.69. The third-order valence-corrected chi connectivity index (χ3v) is 5.23. The molecule has 1 aliphatic heterocycles. The number of hydrogen-bond acceptors (Lipinski definition) is 5. The van der Waals surface area contributed by atoms with Crippen LogP contribution in [-0.4, -0.2) is 35.4 Å². The molecule has 168 valence electrons. The highest BCUT2D eigenvalue weighted by Gasteiger charge is 2.26. The van der Waals surface area contributed by atoms with Crippen LogP contribution in [0.15, 0.2) is 78.9 Å². The molecule has 0 aliphatic carbocycles. The number of ether oxygens (including phenoxy) is 2. The molecule has 4 rings (SSSR count). The minimum Gasteiger partial charge on any atom is -0.482 e. The number of hydrogen-bond donors (Lipinski definition) is 1. The maximum Gasteiger partial charge on any atom is 0.339 e. The van der Waals surface area contributed by atoms with Crippen LogP contribution in [0.5, 0.6) is 5.75 Å². The van der Waals surface area contributed by atoms with E-state index in [0.29, 0.717) is 24.5 Å². The summed E-state index contributed by atoms with van der Waals surface area (Å²) in [7, 11) is 0. The normalized spacial score (nSPS) is 13.2. The summed E-state index contributed by atoms with van der Waals surface area (Å²) in [6.07, 6.45) is -0.985. The third-order valence-electron chi connectivity index (χ3n) is 5.23. The third kappa shape index (κ3) is 5.57. The first kappa shape index (κ1) is 22.1. The van der Waals surface area contributed by atoms with Crippen molar-refractivity contribution in [2.45, 2.75) is 26.1 Å². The number of carbonyl (C=O) groups is 3.